The van der Waals surface area contributed by atoms with Crippen LogP contribution in [0, 0.1) is 5.92 Å². The van der Waals surface area contributed by atoms with Crippen molar-refractivity contribution in [3.63, 3.8) is 0 Å². The molecule has 0 heterocycles. The van der Waals surface area contributed by atoms with Crippen LogP contribution in [-0.2, 0) is 4.79 Å². The monoisotopic (exact) mass is 254 g/mol. The van der Waals surface area contributed by atoms with E-state index >= 15 is 0 Å². The third-order valence-electron chi connectivity index (χ3n) is 3.83. The number of hydrogen-bond acceptors (Lipinski definition) is 1. The van der Waals surface area contributed by atoms with Crippen molar-refractivity contribution in [2.24, 2.45) is 5.92 Å². The Morgan fingerprint density at radius 3 is 1.83 bits per heavy atom. The zero-order valence-corrected chi connectivity index (χ0v) is 13.0. The van der Waals surface area contributed by atoms with Gasteiger partial charge >= 0.3 is 0 Å². The molecule has 0 aliphatic rings. The molecule has 1 nitrogen and oxygen atoms in total. The zero-order chi connectivity index (χ0) is 13.6. The van der Waals surface area contributed by atoms with Gasteiger partial charge in [0, 0.05) is 12.8 Å². The van der Waals surface area contributed by atoms with Crippen molar-refractivity contribution in [2.45, 2.75) is 97.8 Å². The highest BCUT2D eigenvalue weighted by atomic mass is 16.1. The molecule has 0 aromatic carbocycles. The maximum atomic E-state index is 11.6. The highest BCUT2D eigenvalue weighted by Crippen LogP contribution is 2.13. The summed E-state index contributed by atoms with van der Waals surface area (Å²) in [6.07, 6.45) is 14.7. The Balaban J connectivity index is 3.17. The normalized spacial score (nSPS) is 12.6. The van der Waals surface area contributed by atoms with E-state index in [0.29, 0.717) is 11.7 Å². The van der Waals surface area contributed by atoms with E-state index in [1.807, 2.05) is 0 Å². The molecule has 0 aromatic heterocycles. The highest BCUT2D eigenvalue weighted by molar-refractivity contribution is 5.78. The maximum absolute atomic E-state index is 11.6. The third kappa shape index (κ3) is 12.1. The summed E-state index contributed by atoms with van der Waals surface area (Å²) < 4.78 is 0. The lowest BCUT2D eigenvalue weighted by molar-refractivity contribution is -0.120. The van der Waals surface area contributed by atoms with Gasteiger partial charge in [0.25, 0.3) is 0 Å². The SMILES string of the molecule is CCCCCCCCCCCC(=O)CC(C)CC. The van der Waals surface area contributed by atoms with Crippen molar-refractivity contribution in [2.75, 3.05) is 0 Å². The molecule has 18 heavy (non-hydrogen) atoms. The molecule has 1 atom stereocenters. The molecular formula is C17H34O. The van der Waals surface area contributed by atoms with E-state index in [1.54, 1.807) is 0 Å². The van der Waals surface area contributed by atoms with Gasteiger partial charge in [-0.15, -0.1) is 0 Å². The second-order valence-electron chi connectivity index (χ2n) is 5.83. The van der Waals surface area contributed by atoms with Gasteiger partial charge in [0.05, 0.1) is 0 Å². The average Bonchev–Trinajstić information content (AvgIpc) is 2.36. The average molecular weight is 254 g/mol. The van der Waals surface area contributed by atoms with Crippen LogP contribution in [0.5, 0.6) is 0 Å². The summed E-state index contributed by atoms with van der Waals surface area (Å²) >= 11 is 0. The van der Waals surface area contributed by atoms with E-state index in [4.69, 9.17) is 0 Å². The van der Waals surface area contributed by atoms with Gasteiger partial charge in [-0.05, 0) is 12.3 Å². The predicted octanol–water partition coefficient (Wildman–Crippen LogP) is 5.91. The molecule has 0 amide bonds. The van der Waals surface area contributed by atoms with Crippen molar-refractivity contribution >= 4 is 5.78 Å². The summed E-state index contributed by atoms with van der Waals surface area (Å²) in [5, 5.41) is 0. The van der Waals surface area contributed by atoms with Crippen LogP contribution in [0.3, 0.4) is 0 Å². The van der Waals surface area contributed by atoms with Gasteiger partial charge in [0.15, 0.2) is 0 Å². The first-order valence-corrected chi connectivity index (χ1v) is 8.22. The van der Waals surface area contributed by atoms with E-state index in [-0.39, 0.29) is 0 Å². The van der Waals surface area contributed by atoms with Gasteiger partial charge < -0.3 is 0 Å². The number of carbonyl (C=O) groups excluding carboxylic acids is 1. The second kappa shape index (κ2) is 13.1. The van der Waals surface area contributed by atoms with E-state index < -0.39 is 0 Å². The predicted molar refractivity (Wildman–Crippen MR) is 80.9 cm³/mol. The molecule has 0 aliphatic carbocycles. The molecule has 0 fully saturated rings. The first-order chi connectivity index (χ1) is 8.70. The molecule has 0 N–H and O–H groups in total. The highest BCUT2D eigenvalue weighted by Gasteiger charge is 2.06. The number of ketones is 1. The molecule has 1 heteroatoms. The molecule has 108 valence electrons. The lowest BCUT2D eigenvalue weighted by Gasteiger charge is -2.06. The maximum Gasteiger partial charge on any atom is 0.133 e. The van der Waals surface area contributed by atoms with Gasteiger partial charge in [-0.3, -0.25) is 4.79 Å². The smallest absolute Gasteiger partial charge is 0.133 e. The quantitative estimate of drug-likeness (QED) is 0.373. The molecule has 0 aromatic rings. The number of hydrogen-bond donors (Lipinski definition) is 0. The van der Waals surface area contributed by atoms with Crippen molar-refractivity contribution in [3.05, 3.63) is 0 Å². The lowest BCUT2D eigenvalue weighted by atomic mass is 9.98. The first-order valence-electron chi connectivity index (χ1n) is 8.22. The van der Waals surface area contributed by atoms with Crippen molar-refractivity contribution in [3.8, 4) is 0 Å². The Labute approximate surface area is 115 Å². The number of unbranched alkanes of at least 4 members (excludes halogenated alkanes) is 8. The van der Waals surface area contributed by atoms with Gasteiger partial charge in [0.2, 0.25) is 0 Å². The Kier molecular flexibility index (Phi) is 12.9. The van der Waals surface area contributed by atoms with Crippen LogP contribution in [0.15, 0.2) is 0 Å². The minimum Gasteiger partial charge on any atom is -0.300 e. The number of Topliss-reactive ketones (excluding diaryl/α,β-unsaturated/α-hetero) is 1. The number of rotatable bonds is 13. The molecule has 0 radical (unpaired) electrons. The van der Waals surface area contributed by atoms with Crippen LogP contribution < -0.4 is 0 Å². The summed E-state index contributed by atoms with van der Waals surface area (Å²) in [6, 6.07) is 0. The van der Waals surface area contributed by atoms with Gasteiger partial charge in [-0.25, -0.2) is 0 Å². The van der Waals surface area contributed by atoms with Crippen LogP contribution >= 0.6 is 0 Å². The largest absolute Gasteiger partial charge is 0.300 e. The van der Waals surface area contributed by atoms with Gasteiger partial charge in [-0.2, -0.15) is 0 Å². The molecule has 0 rings (SSSR count). The Morgan fingerprint density at radius 2 is 1.33 bits per heavy atom. The summed E-state index contributed by atoms with van der Waals surface area (Å²) in [4.78, 5) is 11.6. The van der Waals surface area contributed by atoms with Crippen LogP contribution in [-0.4, -0.2) is 5.78 Å². The second-order valence-corrected chi connectivity index (χ2v) is 5.83. The van der Waals surface area contributed by atoms with Gasteiger partial charge in [0.1, 0.15) is 5.78 Å². The molecule has 0 spiro atoms. The molecule has 1 unspecified atom stereocenters. The molecule has 0 saturated carbocycles. The Hall–Kier alpha value is -0.330. The Morgan fingerprint density at radius 1 is 0.833 bits per heavy atom. The van der Waals surface area contributed by atoms with E-state index in [0.717, 1.165) is 25.7 Å². The Bertz CT molecular complexity index is 186. The van der Waals surface area contributed by atoms with Crippen molar-refractivity contribution in [1.82, 2.24) is 0 Å². The lowest BCUT2D eigenvalue weighted by Crippen LogP contribution is -2.04. The molecule has 0 saturated heterocycles. The fraction of sp³-hybridized carbons (Fsp3) is 0.941. The standard InChI is InChI=1S/C17H34O/c1-4-6-7-8-9-10-11-12-13-14-17(18)15-16(3)5-2/h16H,4-15H2,1-3H3. The fourth-order valence-corrected chi connectivity index (χ4v) is 2.27. The minimum atomic E-state index is 0.479. The molecule has 0 aliphatic heterocycles. The first kappa shape index (κ1) is 17.7. The third-order valence-corrected chi connectivity index (χ3v) is 3.83. The van der Waals surface area contributed by atoms with E-state index in [9.17, 15) is 4.79 Å². The van der Waals surface area contributed by atoms with E-state index in [1.165, 1.54) is 51.4 Å². The van der Waals surface area contributed by atoms with Crippen molar-refractivity contribution < 1.29 is 4.79 Å². The van der Waals surface area contributed by atoms with Crippen LogP contribution in [0.2, 0.25) is 0 Å². The summed E-state index contributed by atoms with van der Waals surface area (Å²) in [7, 11) is 0. The summed E-state index contributed by atoms with van der Waals surface area (Å²) in [5.74, 6) is 1.06. The van der Waals surface area contributed by atoms with Crippen LogP contribution in [0.1, 0.15) is 97.8 Å². The van der Waals surface area contributed by atoms with Crippen LogP contribution in [0.25, 0.3) is 0 Å². The summed E-state index contributed by atoms with van der Waals surface area (Å²) in [6.45, 7) is 6.60. The summed E-state index contributed by atoms with van der Waals surface area (Å²) in [5.41, 5.74) is 0. The number of carbonyl (C=O) groups is 1. The van der Waals surface area contributed by atoms with E-state index in [2.05, 4.69) is 20.8 Å². The fourth-order valence-electron chi connectivity index (χ4n) is 2.27. The zero-order valence-electron chi connectivity index (χ0n) is 13.0. The van der Waals surface area contributed by atoms with Crippen LogP contribution in [0.4, 0.5) is 0 Å². The minimum absolute atomic E-state index is 0.479. The van der Waals surface area contributed by atoms with Gasteiger partial charge in [-0.1, -0.05) is 78.6 Å². The molecule has 0 bridgehead atoms. The topological polar surface area (TPSA) is 17.1 Å². The van der Waals surface area contributed by atoms with Crippen molar-refractivity contribution in [1.29, 1.82) is 0 Å². The molecular weight excluding hydrogens is 220 g/mol.